The molecule has 150 valence electrons. The smallest absolute Gasteiger partial charge is 0.371 e. The van der Waals surface area contributed by atoms with Crippen molar-refractivity contribution >= 4 is 21.9 Å². The maximum absolute atomic E-state index is 12.6. The predicted molar refractivity (Wildman–Crippen MR) is 96.7 cm³/mol. The minimum atomic E-state index is -3.88. The van der Waals surface area contributed by atoms with Gasteiger partial charge in [-0.3, -0.25) is 4.79 Å². The number of nitrogens with zero attached hydrogens (tertiary/aromatic N) is 1. The van der Waals surface area contributed by atoms with Crippen LogP contribution in [0.25, 0.3) is 0 Å². The molecular weight excluding hydrogens is 372 g/mol. The third-order valence-electron chi connectivity index (χ3n) is 5.54. The minimum Gasteiger partial charge on any atom is -0.475 e. The molecule has 2 aliphatic rings. The van der Waals surface area contributed by atoms with Crippen molar-refractivity contribution in [2.24, 2.45) is 11.8 Å². The van der Waals surface area contributed by atoms with Gasteiger partial charge < -0.3 is 14.8 Å². The van der Waals surface area contributed by atoms with Crippen molar-refractivity contribution < 1.29 is 27.5 Å². The second-order valence-corrected chi connectivity index (χ2v) is 9.20. The quantitative estimate of drug-likeness (QED) is 0.726. The number of sulfonamides is 1. The zero-order chi connectivity index (χ0) is 19.4. The maximum atomic E-state index is 12.6. The number of carboxylic acids is 1. The van der Waals surface area contributed by atoms with Crippen LogP contribution in [0.15, 0.2) is 21.6 Å². The molecular formula is C18H26N2O6S. The highest BCUT2D eigenvalue weighted by molar-refractivity contribution is 7.89. The monoisotopic (exact) mass is 398 g/mol. The van der Waals surface area contributed by atoms with Gasteiger partial charge in [0.2, 0.25) is 16.8 Å². The van der Waals surface area contributed by atoms with Gasteiger partial charge in [0.15, 0.2) is 0 Å². The zero-order valence-electron chi connectivity index (χ0n) is 15.2. The summed E-state index contributed by atoms with van der Waals surface area (Å²) >= 11 is 0. The lowest BCUT2D eigenvalue weighted by Gasteiger charge is -2.29. The Morgan fingerprint density at radius 3 is 2.41 bits per heavy atom. The topological polar surface area (TPSA) is 117 Å². The van der Waals surface area contributed by atoms with Gasteiger partial charge in [-0.05, 0) is 37.3 Å². The fourth-order valence-electron chi connectivity index (χ4n) is 3.90. The molecule has 2 heterocycles. The maximum Gasteiger partial charge on any atom is 0.371 e. The van der Waals surface area contributed by atoms with E-state index in [4.69, 9.17) is 9.52 Å². The van der Waals surface area contributed by atoms with E-state index in [0.717, 1.165) is 24.5 Å². The molecule has 1 aliphatic carbocycles. The molecule has 9 heteroatoms. The predicted octanol–water partition coefficient (Wildman–Crippen LogP) is 2.07. The van der Waals surface area contributed by atoms with E-state index in [2.05, 4.69) is 5.32 Å². The number of carboxylic acid groups (broad SMARTS) is 1. The number of hydrogen-bond donors (Lipinski definition) is 2. The van der Waals surface area contributed by atoms with Gasteiger partial charge in [-0.1, -0.05) is 25.7 Å². The molecule has 8 nitrogen and oxygen atoms in total. The van der Waals surface area contributed by atoms with Crippen LogP contribution in [-0.4, -0.2) is 49.3 Å². The van der Waals surface area contributed by atoms with E-state index < -0.39 is 21.8 Å². The van der Waals surface area contributed by atoms with E-state index in [9.17, 15) is 18.0 Å². The molecule has 0 bridgehead atoms. The second-order valence-electron chi connectivity index (χ2n) is 7.33. The number of carbonyl (C=O) groups is 2. The summed E-state index contributed by atoms with van der Waals surface area (Å²) in [5.74, 6) is -1.20. The summed E-state index contributed by atoms with van der Waals surface area (Å²) < 4.78 is 31.3. The Labute approximate surface area is 159 Å². The lowest BCUT2D eigenvalue weighted by molar-refractivity contribution is -0.126. The standard InChI is InChI=1S/C18H26N2O6S/c21-17(19-10-7-13-3-1-2-4-13)14-8-11-20(12-9-14)27(24,25)16-6-5-15(26-16)18(22)23/h5-6,13-14H,1-4,7-12H2,(H,19,21)(H,22,23). The normalized spacial score (nSPS) is 20.0. The number of aromatic carboxylic acids is 1. The van der Waals surface area contributed by atoms with Crippen LogP contribution in [0.1, 0.15) is 55.5 Å². The lowest BCUT2D eigenvalue weighted by Crippen LogP contribution is -2.43. The van der Waals surface area contributed by atoms with Crippen molar-refractivity contribution in [3.63, 3.8) is 0 Å². The van der Waals surface area contributed by atoms with Gasteiger partial charge in [0, 0.05) is 25.6 Å². The van der Waals surface area contributed by atoms with Crippen LogP contribution < -0.4 is 5.32 Å². The largest absolute Gasteiger partial charge is 0.475 e. The van der Waals surface area contributed by atoms with Gasteiger partial charge in [-0.15, -0.1) is 0 Å². The molecule has 0 atom stereocenters. The van der Waals surface area contributed by atoms with Gasteiger partial charge >= 0.3 is 5.97 Å². The van der Waals surface area contributed by atoms with Gasteiger partial charge in [0.25, 0.3) is 10.0 Å². The SMILES string of the molecule is O=C(O)c1ccc(S(=O)(=O)N2CCC(C(=O)NCCC3CCCC3)CC2)o1. The molecule has 2 fully saturated rings. The van der Waals surface area contributed by atoms with Crippen LogP contribution in [0.5, 0.6) is 0 Å². The van der Waals surface area contributed by atoms with Crippen molar-refractivity contribution in [2.45, 2.75) is 50.0 Å². The van der Waals surface area contributed by atoms with Crippen LogP contribution in [0.2, 0.25) is 0 Å². The van der Waals surface area contributed by atoms with Crippen molar-refractivity contribution in [1.29, 1.82) is 0 Å². The Kier molecular flexibility index (Phi) is 6.21. The number of rotatable bonds is 7. The molecule has 0 unspecified atom stereocenters. The highest BCUT2D eigenvalue weighted by Crippen LogP contribution is 2.27. The van der Waals surface area contributed by atoms with Crippen molar-refractivity contribution in [3.8, 4) is 0 Å². The summed E-state index contributed by atoms with van der Waals surface area (Å²) in [4.78, 5) is 23.2. The molecule has 1 amide bonds. The van der Waals surface area contributed by atoms with E-state index in [0.29, 0.717) is 19.4 Å². The van der Waals surface area contributed by atoms with Crippen molar-refractivity contribution in [1.82, 2.24) is 9.62 Å². The lowest BCUT2D eigenvalue weighted by atomic mass is 9.97. The number of furan rings is 1. The number of hydrogen-bond acceptors (Lipinski definition) is 5. The molecule has 1 aromatic rings. The van der Waals surface area contributed by atoms with E-state index in [-0.39, 0.29) is 30.0 Å². The Balaban J connectivity index is 1.48. The average Bonchev–Trinajstić information content (AvgIpc) is 3.34. The van der Waals surface area contributed by atoms with E-state index in [1.807, 2.05) is 0 Å². The first kappa shape index (κ1) is 19.9. The fourth-order valence-corrected chi connectivity index (χ4v) is 5.28. The fraction of sp³-hybridized carbons (Fsp3) is 0.667. The number of carbonyl (C=O) groups excluding carboxylic acids is 1. The van der Waals surface area contributed by atoms with Gasteiger partial charge in [0.1, 0.15) is 0 Å². The van der Waals surface area contributed by atoms with E-state index >= 15 is 0 Å². The summed E-state index contributed by atoms with van der Waals surface area (Å²) in [7, 11) is -3.88. The molecule has 2 N–H and O–H groups in total. The summed E-state index contributed by atoms with van der Waals surface area (Å²) in [6.45, 7) is 1.12. The van der Waals surface area contributed by atoms with Gasteiger partial charge in [-0.2, -0.15) is 4.31 Å². The summed E-state index contributed by atoms with van der Waals surface area (Å²) in [6.07, 6.45) is 6.99. The highest BCUT2D eigenvalue weighted by Gasteiger charge is 2.34. The van der Waals surface area contributed by atoms with Crippen LogP contribution in [0.4, 0.5) is 0 Å². The van der Waals surface area contributed by atoms with Crippen molar-refractivity contribution in [2.75, 3.05) is 19.6 Å². The molecule has 27 heavy (non-hydrogen) atoms. The summed E-state index contributed by atoms with van der Waals surface area (Å²) in [5.41, 5.74) is 0. The first-order valence-corrected chi connectivity index (χ1v) is 10.9. The first-order chi connectivity index (χ1) is 12.9. The molecule has 0 aromatic carbocycles. The molecule has 1 saturated carbocycles. The van der Waals surface area contributed by atoms with Crippen molar-refractivity contribution in [3.05, 3.63) is 17.9 Å². The molecule has 1 aliphatic heterocycles. The van der Waals surface area contributed by atoms with Crippen LogP contribution >= 0.6 is 0 Å². The average molecular weight is 398 g/mol. The second kappa shape index (κ2) is 8.43. The number of piperidine rings is 1. The summed E-state index contributed by atoms with van der Waals surface area (Å²) in [6, 6.07) is 2.28. The van der Waals surface area contributed by atoms with Crippen LogP contribution in [0.3, 0.4) is 0 Å². The van der Waals surface area contributed by atoms with Crippen LogP contribution in [0, 0.1) is 11.8 Å². The number of amides is 1. The Bertz CT molecular complexity index is 774. The third kappa shape index (κ3) is 4.70. The zero-order valence-corrected chi connectivity index (χ0v) is 16.0. The highest BCUT2D eigenvalue weighted by atomic mass is 32.2. The Morgan fingerprint density at radius 2 is 1.81 bits per heavy atom. The molecule has 1 aromatic heterocycles. The summed E-state index contributed by atoms with van der Waals surface area (Å²) in [5, 5.41) is 11.5. The molecule has 1 saturated heterocycles. The molecule has 0 radical (unpaired) electrons. The van der Waals surface area contributed by atoms with Gasteiger partial charge in [-0.25, -0.2) is 13.2 Å². The Hall–Kier alpha value is -1.87. The first-order valence-electron chi connectivity index (χ1n) is 9.49. The van der Waals surface area contributed by atoms with Gasteiger partial charge in [0.05, 0.1) is 0 Å². The van der Waals surface area contributed by atoms with E-state index in [1.165, 1.54) is 30.0 Å². The molecule has 3 rings (SSSR count). The molecule has 0 spiro atoms. The third-order valence-corrected chi connectivity index (χ3v) is 7.31. The Morgan fingerprint density at radius 1 is 1.15 bits per heavy atom. The van der Waals surface area contributed by atoms with Crippen LogP contribution in [-0.2, 0) is 14.8 Å². The number of nitrogens with one attached hydrogen (secondary N) is 1. The minimum absolute atomic E-state index is 0.00351. The van der Waals surface area contributed by atoms with E-state index in [1.54, 1.807) is 0 Å².